The molecule has 11 heteroatoms. The molecule has 0 saturated heterocycles. The van der Waals surface area contributed by atoms with Crippen LogP contribution in [0.5, 0.6) is 0 Å². The Hall–Kier alpha value is -3.86. The Morgan fingerprint density at radius 2 is 1.74 bits per heavy atom. The average molecular weight is 494 g/mol. The molecule has 0 aliphatic rings. The number of aromatic nitrogens is 5. The number of carbonyl (C=O) groups excluding carboxylic acids is 2. The van der Waals surface area contributed by atoms with Gasteiger partial charge < -0.3 is 15.2 Å². The smallest absolute Gasteiger partial charge is 0.328 e. The van der Waals surface area contributed by atoms with Crippen LogP contribution in [0.4, 0.5) is 5.69 Å². The van der Waals surface area contributed by atoms with Crippen molar-refractivity contribution in [2.24, 2.45) is 14.1 Å². The van der Waals surface area contributed by atoms with E-state index in [1.165, 1.54) is 11.8 Å². The van der Waals surface area contributed by atoms with Crippen LogP contribution in [0.1, 0.15) is 36.1 Å². The quantitative estimate of drug-likeness (QED) is 0.365. The maximum Gasteiger partial charge on any atom is 0.328 e. The van der Waals surface area contributed by atoms with E-state index in [-0.39, 0.29) is 29.3 Å². The summed E-state index contributed by atoms with van der Waals surface area (Å²) in [6.07, 6.45) is 0. The number of hydrogen-bond acceptors (Lipinski definition) is 6. The molecule has 2 aromatic heterocycles. The highest BCUT2D eigenvalue weighted by Crippen LogP contribution is 2.22. The van der Waals surface area contributed by atoms with Crippen molar-refractivity contribution < 1.29 is 9.59 Å². The van der Waals surface area contributed by atoms with Gasteiger partial charge in [-0.2, -0.15) is 0 Å². The molecular weight excluding hydrogens is 466 g/mol. The lowest BCUT2D eigenvalue weighted by Gasteiger charge is -2.15. The van der Waals surface area contributed by atoms with Crippen LogP contribution in [0.15, 0.2) is 58.5 Å². The van der Waals surface area contributed by atoms with Gasteiger partial charge in [-0.15, -0.1) is 10.2 Å². The third-order valence-corrected chi connectivity index (χ3v) is 6.69. The zero-order valence-corrected chi connectivity index (χ0v) is 20.8. The number of imidazole rings is 1. The minimum atomic E-state index is -0.359. The molecular formula is C24H27N7O3S. The molecule has 2 heterocycles. The Morgan fingerprint density at radius 1 is 1.03 bits per heavy atom. The molecule has 0 fully saturated rings. The Kier molecular flexibility index (Phi) is 7.06. The van der Waals surface area contributed by atoms with Crippen molar-refractivity contribution in [3.8, 4) is 0 Å². The van der Waals surface area contributed by atoms with E-state index in [0.717, 1.165) is 11.0 Å². The molecule has 10 nitrogen and oxygen atoms in total. The first kappa shape index (κ1) is 24.3. The van der Waals surface area contributed by atoms with E-state index in [4.69, 9.17) is 0 Å². The summed E-state index contributed by atoms with van der Waals surface area (Å²) in [6, 6.07) is 14.0. The van der Waals surface area contributed by atoms with Gasteiger partial charge in [0, 0.05) is 31.9 Å². The minimum absolute atomic E-state index is 0.122. The van der Waals surface area contributed by atoms with Crippen LogP contribution in [0.25, 0.3) is 11.0 Å². The van der Waals surface area contributed by atoms with Crippen molar-refractivity contribution >= 4 is 40.3 Å². The number of thioether (sulfide) groups is 1. The van der Waals surface area contributed by atoms with Crippen LogP contribution in [0, 0.1) is 0 Å². The number of anilines is 1. The van der Waals surface area contributed by atoms with Gasteiger partial charge in [-0.1, -0.05) is 30.0 Å². The van der Waals surface area contributed by atoms with Gasteiger partial charge in [-0.25, -0.2) is 4.79 Å². The lowest BCUT2D eigenvalue weighted by Crippen LogP contribution is -2.28. The van der Waals surface area contributed by atoms with E-state index in [0.29, 0.717) is 28.8 Å². The monoisotopic (exact) mass is 493 g/mol. The van der Waals surface area contributed by atoms with Gasteiger partial charge in [-0.05, 0) is 44.2 Å². The molecule has 1 atom stereocenters. The van der Waals surface area contributed by atoms with Gasteiger partial charge in [0.05, 0.1) is 22.8 Å². The van der Waals surface area contributed by atoms with Gasteiger partial charge in [0.25, 0.3) is 5.91 Å². The summed E-state index contributed by atoms with van der Waals surface area (Å²) in [5, 5.41) is 14.9. The molecule has 0 radical (unpaired) electrons. The molecule has 182 valence electrons. The van der Waals surface area contributed by atoms with Gasteiger partial charge in [0.2, 0.25) is 5.91 Å². The highest BCUT2D eigenvalue weighted by molar-refractivity contribution is 7.99. The molecule has 35 heavy (non-hydrogen) atoms. The second kappa shape index (κ2) is 10.2. The zero-order valence-electron chi connectivity index (χ0n) is 20.0. The van der Waals surface area contributed by atoms with Crippen molar-refractivity contribution in [1.82, 2.24) is 29.2 Å². The largest absolute Gasteiger partial charge is 0.342 e. The fourth-order valence-electron chi connectivity index (χ4n) is 3.87. The van der Waals surface area contributed by atoms with Gasteiger partial charge >= 0.3 is 5.69 Å². The number of hydrogen-bond donors (Lipinski definition) is 2. The van der Waals surface area contributed by atoms with Crippen molar-refractivity contribution in [2.75, 3.05) is 11.1 Å². The number of amides is 2. The van der Waals surface area contributed by atoms with E-state index < -0.39 is 0 Å². The van der Waals surface area contributed by atoms with E-state index in [1.807, 2.05) is 42.7 Å². The molecule has 4 rings (SSSR count). The van der Waals surface area contributed by atoms with Gasteiger partial charge in [-0.3, -0.25) is 18.7 Å². The Morgan fingerprint density at radius 3 is 2.46 bits per heavy atom. The Labute approximate surface area is 206 Å². The van der Waals surface area contributed by atoms with E-state index in [1.54, 1.807) is 47.5 Å². The van der Waals surface area contributed by atoms with Crippen molar-refractivity contribution in [3.05, 3.63) is 70.4 Å². The number of rotatable bonds is 8. The lowest BCUT2D eigenvalue weighted by molar-refractivity contribution is -0.113. The Balaban J connectivity index is 1.40. The number of nitrogens with zero attached hydrogens (tertiary/aromatic N) is 5. The lowest BCUT2D eigenvalue weighted by atomic mass is 10.2. The van der Waals surface area contributed by atoms with Crippen molar-refractivity contribution in [2.45, 2.75) is 31.6 Å². The summed E-state index contributed by atoms with van der Waals surface area (Å²) in [7, 11) is 3.41. The second-order valence-electron chi connectivity index (χ2n) is 8.09. The van der Waals surface area contributed by atoms with E-state index in [9.17, 15) is 14.4 Å². The van der Waals surface area contributed by atoms with E-state index in [2.05, 4.69) is 20.8 Å². The topological polar surface area (TPSA) is 116 Å². The number of fused-ring (bicyclic) bond motifs is 1. The molecule has 0 aliphatic carbocycles. The van der Waals surface area contributed by atoms with Gasteiger partial charge in [0.15, 0.2) is 11.0 Å². The van der Waals surface area contributed by atoms with Crippen LogP contribution < -0.4 is 16.3 Å². The summed E-state index contributed by atoms with van der Waals surface area (Å²) in [6.45, 7) is 4.41. The predicted molar refractivity (Wildman–Crippen MR) is 136 cm³/mol. The van der Waals surface area contributed by atoms with Crippen LogP contribution >= 0.6 is 11.8 Å². The SMILES string of the molecule is CCn1c(SCC(=O)Nc2ccc3c(c2)n(C)c(=O)n3C)nnc1[C@@H](C)NC(=O)c1ccccc1. The van der Waals surface area contributed by atoms with Gasteiger partial charge in [0.1, 0.15) is 0 Å². The van der Waals surface area contributed by atoms with Crippen molar-refractivity contribution in [1.29, 1.82) is 0 Å². The van der Waals surface area contributed by atoms with Crippen molar-refractivity contribution in [3.63, 3.8) is 0 Å². The average Bonchev–Trinajstić information content (AvgIpc) is 3.37. The molecule has 0 aliphatic heterocycles. The predicted octanol–water partition coefficient (Wildman–Crippen LogP) is 2.71. The number of nitrogens with one attached hydrogen (secondary N) is 2. The Bertz CT molecular complexity index is 1440. The molecule has 0 unspecified atom stereocenters. The highest BCUT2D eigenvalue weighted by atomic mass is 32.2. The summed E-state index contributed by atoms with van der Waals surface area (Å²) in [5.74, 6) is 0.363. The summed E-state index contributed by atoms with van der Waals surface area (Å²) in [5.41, 5.74) is 2.59. The molecule has 2 N–H and O–H groups in total. The molecule has 4 aromatic rings. The first-order chi connectivity index (χ1) is 16.8. The first-order valence-corrected chi connectivity index (χ1v) is 12.2. The minimum Gasteiger partial charge on any atom is -0.342 e. The zero-order chi connectivity index (χ0) is 25.1. The summed E-state index contributed by atoms with van der Waals surface area (Å²) in [4.78, 5) is 37.2. The van der Waals surface area contributed by atoms with Crippen LogP contribution in [-0.2, 0) is 25.4 Å². The van der Waals surface area contributed by atoms with E-state index >= 15 is 0 Å². The van der Waals surface area contributed by atoms with Crippen LogP contribution in [-0.4, -0.2) is 41.5 Å². The third kappa shape index (κ3) is 4.99. The molecule has 0 bridgehead atoms. The first-order valence-electron chi connectivity index (χ1n) is 11.2. The summed E-state index contributed by atoms with van der Waals surface area (Å²) >= 11 is 1.27. The van der Waals surface area contributed by atoms with Crippen LogP contribution in [0.2, 0.25) is 0 Å². The molecule has 2 aromatic carbocycles. The number of aryl methyl sites for hydroxylation is 2. The maximum atomic E-state index is 12.6. The maximum absolute atomic E-state index is 12.6. The molecule has 0 spiro atoms. The molecule has 0 saturated carbocycles. The third-order valence-electron chi connectivity index (χ3n) is 5.72. The molecule has 2 amide bonds. The highest BCUT2D eigenvalue weighted by Gasteiger charge is 2.20. The van der Waals surface area contributed by atoms with Crippen LogP contribution in [0.3, 0.4) is 0 Å². The fourth-order valence-corrected chi connectivity index (χ4v) is 4.68. The number of benzene rings is 2. The second-order valence-corrected chi connectivity index (χ2v) is 9.03. The number of carbonyl (C=O) groups is 2. The normalized spacial score (nSPS) is 12.0. The fraction of sp³-hybridized carbons (Fsp3) is 0.292. The summed E-state index contributed by atoms with van der Waals surface area (Å²) < 4.78 is 5.00. The standard InChI is InChI=1S/C24H27N7O3S/c1-5-31-21(15(2)25-22(33)16-9-7-6-8-10-16)27-28-23(31)35-14-20(32)26-17-11-12-18-19(13-17)30(4)24(34)29(18)3/h6-13,15H,5,14H2,1-4H3,(H,25,33)(H,26,32)/t15-/m1/s1.